The minimum atomic E-state index is -3.57. The van der Waals surface area contributed by atoms with Crippen molar-refractivity contribution in [3.8, 4) is 21.7 Å². The predicted molar refractivity (Wildman–Crippen MR) is 181 cm³/mol. The number of rotatable bonds is 11. The molecule has 1 saturated heterocycles. The van der Waals surface area contributed by atoms with E-state index < -0.39 is 10.0 Å². The molecule has 1 aliphatic heterocycles. The van der Waals surface area contributed by atoms with Gasteiger partial charge in [0.2, 0.25) is 16.0 Å². The van der Waals surface area contributed by atoms with Crippen molar-refractivity contribution >= 4 is 49.7 Å². The number of hydrogen-bond donors (Lipinski definition) is 2. The fraction of sp³-hybridized carbons (Fsp3) is 0.333. The zero-order valence-corrected chi connectivity index (χ0v) is 27.1. The van der Waals surface area contributed by atoms with Crippen LogP contribution in [0.4, 0.5) is 17.3 Å². The normalized spacial score (nSPS) is 14.5. The molecule has 0 aliphatic carbocycles. The van der Waals surface area contributed by atoms with Crippen LogP contribution in [-0.2, 0) is 10.0 Å². The van der Waals surface area contributed by atoms with Crippen LogP contribution in [0.2, 0.25) is 0 Å². The number of H-pyrrole nitrogens is 1. The summed E-state index contributed by atoms with van der Waals surface area (Å²) in [6.45, 7) is 9.22. The minimum Gasteiger partial charge on any atom is -0.369 e. The second-order valence-corrected chi connectivity index (χ2v) is 14.1. The van der Waals surface area contributed by atoms with Gasteiger partial charge >= 0.3 is 0 Å². The van der Waals surface area contributed by atoms with E-state index in [-0.39, 0.29) is 0 Å². The Balaban J connectivity index is 1.26. The third-order valence-corrected chi connectivity index (χ3v) is 10.8. The summed E-state index contributed by atoms with van der Waals surface area (Å²) in [5.41, 5.74) is 5.53. The summed E-state index contributed by atoms with van der Waals surface area (Å²) in [5, 5.41) is 6.38. The predicted octanol–water partition coefficient (Wildman–Crippen LogP) is 6.66. The summed E-state index contributed by atoms with van der Waals surface area (Å²) in [6, 6.07) is 19.7. The molecule has 2 N–H and O–H groups in total. The Hall–Kier alpha value is -3.77. The lowest BCUT2D eigenvalue weighted by molar-refractivity contribution is 0.313. The number of piperazine rings is 1. The molecule has 1 aliphatic rings. The molecule has 230 valence electrons. The fourth-order valence-electron chi connectivity index (χ4n) is 5.58. The average molecular weight is 630 g/mol. The van der Waals surface area contributed by atoms with E-state index >= 15 is 0 Å². The first-order chi connectivity index (χ1) is 21.4. The number of nitrogens with one attached hydrogen (secondary N) is 2. The third-order valence-electron chi connectivity index (χ3n) is 7.99. The fourth-order valence-corrected chi connectivity index (χ4v) is 8.17. The van der Waals surface area contributed by atoms with Crippen molar-refractivity contribution in [2.75, 3.05) is 56.5 Å². The molecule has 0 bridgehead atoms. The van der Waals surface area contributed by atoms with Gasteiger partial charge in [-0.25, -0.2) is 13.4 Å². The van der Waals surface area contributed by atoms with Crippen molar-refractivity contribution in [2.24, 2.45) is 0 Å². The van der Waals surface area contributed by atoms with Crippen LogP contribution in [0.1, 0.15) is 26.7 Å². The lowest BCUT2D eigenvalue weighted by Gasteiger charge is -2.34. The first kappa shape index (κ1) is 30.3. The van der Waals surface area contributed by atoms with Crippen LogP contribution in [-0.4, -0.2) is 78.9 Å². The van der Waals surface area contributed by atoms with E-state index in [0.717, 1.165) is 77.4 Å². The molecule has 9 nitrogen and oxygen atoms in total. The van der Waals surface area contributed by atoms with E-state index in [1.165, 1.54) is 5.69 Å². The molecule has 3 aromatic heterocycles. The SMILES string of the molecule is CCCN(CCC)S(=O)(=O)c1cccc(-c2csc(-c3nc(Nc4ccc(N5CCN(C)CC5)cc4)nc4[nH]ccc34)c2)c1. The van der Waals surface area contributed by atoms with Crippen LogP contribution in [0.25, 0.3) is 32.7 Å². The summed E-state index contributed by atoms with van der Waals surface area (Å²) in [6.07, 6.45) is 3.43. The van der Waals surface area contributed by atoms with Crippen molar-refractivity contribution in [3.05, 3.63) is 72.2 Å². The Bertz CT molecular complexity index is 1820. The molecule has 4 heterocycles. The number of thiophene rings is 1. The maximum Gasteiger partial charge on any atom is 0.243 e. The quantitative estimate of drug-likeness (QED) is 0.169. The number of aromatic amines is 1. The Morgan fingerprint density at radius 1 is 0.932 bits per heavy atom. The summed E-state index contributed by atoms with van der Waals surface area (Å²) in [7, 11) is -1.41. The topological polar surface area (TPSA) is 97.5 Å². The first-order valence-corrected chi connectivity index (χ1v) is 17.5. The van der Waals surface area contributed by atoms with Gasteiger partial charge in [-0.3, -0.25) is 0 Å². The molecule has 5 aromatic rings. The molecule has 1 fully saturated rings. The number of aromatic nitrogens is 3. The summed E-state index contributed by atoms with van der Waals surface area (Å²) in [4.78, 5) is 19.0. The number of benzene rings is 2. The van der Waals surface area contributed by atoms with Gasteiger partial charge in [-0.2, -0.15) is 9.29 Å². The number of nitrogens with zero attached hydrogens (tertiary/aromatic N) is 5. The van der Waals surface area contributed by atoms with Crippen molar-refractivity contribution in [1.29, 1.82) is 0 Å². The van der Waals surface area contributed by atoms with Crippen LogP contribution >= 0.6 is 11.3 Å². The van der Waals surface area contributed by atoms with E-state index in [2.05, 4.69) is 62.9 Å². The molecular weight excluding hydrogens is 591 g/mol. The summed E-state index contributed by atoms with van der Waals surface area (Å²) >= 11 is 1.58. The summed E-state index contributed by atoms with van der Waals surface area (Å²) in [5.74, 6) is 0.511. The molecule has 0 atom stereocenters. The third kappa shape index (κ3) is 6.37. The number of likely N-dealkylation sites (N-methyl/N-ethyl adjacent to an activating group) is 1. The van der Waals surface area contributed by atoms with E-state index in [0.29, 0.717) is 23.9 Å². The van der Waals surface area contributed by atoms with Gasteiger partial charge in [0.15, 0.2) is 0 Å². The maximum absolute atomic E-state index is 13.4. The first-order valence-electron chi connectivity index (χ1n) is 15.2. The molecule has 0 radical (unpaired) electrons. The number of sulfonamides is 1. The van der Waals surface area contributed by atoms with Crippen LogP contribution < -0.4 is 10.2 Å². The van der Waals surface area contributed by atoms with Gasteiger partial charge in [0.1, 0.15) is 5.65 Å². The zero-order chi connectivity index (χ0) is 30.7. The van der Waals surface area contributed by atoms with Crippen molar-refractivity contribution in [3.63, 3.8) is 0 Å². The second-order valence-electron chi connectivity index (χ2n) is 11.2. The Morgan fingerprint density at radius 3 is 2.41 bits per heavy atom. The average Bonchev–Trinajstić information content (AvgIpc) is 3.72. The second kappa shape index (κ2) is 13.1. The zero-order valence-electron chi connectivity index (χ0n) is 25.5. The largest absolute Gasteiger partial charge is 0.369 e. The monoisotopic (exact) mass is 629 g/mol. The highest BCUT2D eigenvalue weighted by Crippen LogP contribution is 2.36. The molecule has 2 aromatic carbocycles. The molecule has 0 amide bonds. The highest BCUT2D eigenvalue weighted by Gasteiger charge is 2.24. The van der Waals surface area contributed by atoms with Gasteiger partial charge in [-0.1, -0.05) is 26.0 Å². The molecule has 0 unspecified atom stereocenters. The molecule has 44 heavy (non-hydrogen) atoms. The van der Waals surface area contributed by atoms with Gasteiger partial charge in [-0.15, -0.1) is 11.3 Å². The van der Waals surface area contributed by atoms with Crippen molar-refractivity contribution in [2.45, 2.75) is 31.6 Å². The van der Waals surface area contributed by atoms with Crippen molar-refractivity contribution < 1.29 is 8.42 Å². The number of anilines is 3. The van der Waals surface area contributed by atoms with Crippen molar-refractivity contribution in [1.82, 2.24) is 24.2 Å². The van der Waals surface area contributed by atoms with Gasteiger partial charge in [0, 0.05) is 62.2 Å². The highest BCUT2D eigenvalue weighted by molar-refractivity contribution is 7.89. The number of fused-ring (bicyclic) bond motifs is 1. The van der Waals surface area contributed by atoms with Crippen LogP contribution in [0.15, 0.2) is 77.1 Å². The molecular formula is C33H39N7O2S2. The molecule has 6 rings (SSSR count). The molecule has 0 spiro atoms. The minimum absolute atomic E-state index is 0.324. The smallest absolute Gasteiger partial charge is 0.243 e. The van der Waals surface area contributed by atoms with E-state index in [4.69, 9.17) is 9.97 Å². The van der Waals surface area contributed by atoms with Gasteiger partial charge in [-0.05, 0) is 84.9 Å². The van der Waals surface area contributed by atoms with Gasteiger partial charge in [0.05, 0.1) is 15.5 Å². The Morgan fingerprint density at radius 2 is 1.68 bits per heavy atom. The number of hydrogen-bond acceptors (Lipinski definition) is 8. The Labute approximate surface area is 263 Å². The molecule has 11 heteroatoms. The van der Waals surface area contributed by atoms with Crippen LogP contribution in [0.3, 0.4) is 0 Å². The van der Waals surface area contributed by atoms with Gasteiger partial charge < -0.3 is 20.1 Å². The van der Waals surface area contributed by atoms with Gasteiger partial charge in [0.25, 0.3) is 0 Å². The maximum atomic E-state index is 13.4. The van der Waals surface area contributed by atoms with E-state index in [1.807, 2.05) is 38.2 Å². The van der Waals surface area contributed by atoms with E-state index in [9.17, 15) is 8.42 Å². The molecule has 0 saturated carbocycles. The lowest BCUT2D eigenvalue weighted by atomic mass is 10.1. The Kier molecular flexibility index (Phi) is 8.99. The summed E-state index contributed by atoms with van der Waals surface area (Å²) < 4.78 is 28.5. The standard InChI is InChI=1S/C33H39N7O2S2/c1-4-15-40(16-5-2)44(41,42)28-8-6-7-24(21-28)25-22-30(43-23-25)31-29-13-14-34-32(29)37-33(36-31)35-26-9-11-27(12-10-26)39-19-17-38(3)18-20-39/h6-14,21-23H,4-5,15-20H2,1-3H3,(H2,34,35,36,37). The van der Waals surface area contributed by atoms with E-state index in [1.54, 1.807) is 27.8 Å². The lowest BCUT2D eigenvalue weighted by Crippen LogP contribution is -2.44. The van der Waals surface area contributed by atoms with Crippen LogP contribution in [0, 0.1) is 0 Å². The van der Waals surface area contributed by atoms with Crippen LogP contribution in [0.5, 0.6) is 0 Å². The highest BCUT2D eigenvalue weighted by atomic mass is 32.2.